The van der Waals surface area contributed by atoms with Crippen LogP contribution in [0.4, 0.5) is 5.69 Å². The van der Waals surface area contributed by atoms with Crippen molar-refractivity contribution < 1.29 is 4.79 Å². The lowest BCUT2D eigenvalue weighted by Gasteiger charge is -2.37. The van der Waals surface area contributed by atoms with Gasteiger partial charge in [0, 0.05) is 12.2 Å². The van der Waals surface area contributed by atoms with Crippen LogP contribution in [0.1, 0.15) is 33.1 Å². The Hall–Kier alpha value is -1.10. The third kappa shape index (κ3) is 5.47. The first-order chi connectivity index (χ1) is 11.2. The van der Waals surface area contributed by atoms with Crippen LogP contribution < -0.4 is 10.2 Å². The Bertz CT molecular complexity index is 475. The fourth-order valence-corrected chi connectivity index (χ4v) is 3.43. The Balaban J connectivity index is 0.00000288. The summed E-state index contributed by atoms with van der Waals surface area (Å²) in [5.41, 5.74) is 0.996. The lowest BCUT2D eigenvalue weighted by molar-refractivity contribution is -0.123. The van der Waals surface area contributed by atoms with Crippen molar-refractivity contribution in [3.8, 4) is 0 Å². The van der Waals surface area contributed by atoms with Crippen molar-refractivity contribution in [3.63, 3.8) is 0 Å². The number of hydrogen-bond donors (Lipinski definition) is 1. The van der Waals surface area contributed by atoms with E-state index in [1.54, 1.807) is 0 Å². The van der Waals surface area contributed by atoms with Gasteiger partial charge in [0.25, 0.3) is 0 Å². The minimum Gasteiger partial charge on any atom is -0.320 e. The predicted octanol–water partition coefficient (Wildman–Crippen LogP) is 3.17. The first kappa shape index (κ1) is 20.9. The number of para-hydroxylation sites is 1. The molecule has 1 aromatic carbocycles. The van der Waals surface area contributed by atoms with Crippen molar-refractivity contribution in [1.82, 2.24) is 10.2 Å². The Morgan fingerprint density at radius 3 is 2.46 bits per heavy atom. The zero-order valence-corrected chi connectivity index (χ0v) is 16.0. The van der Waals surface area contributed by atoms with E-state index in [0.717, 1.165) is 31.2 Å². The summed E-state index contributed by atoms with van der Waals surface area (Å²) in [5.74, 6) is 1.02. The maximum absolute atomic E-state index is 12.9. The van der Waals surface area contributed by atoms with E-state index in [4.69, 9.17) is 0 Å². The third-order valence-corrected chi connectivity index (χ3v) is 5.01. The first-order valence-electron chi connectivity index (χ1n) is 8.92. The van der Waals surface area contributed by atoms with Gasteiger partial charge in [-0.1, -0.05) is 18.2 Å². The van der Waals surface area contributed by atoms with Crippen molar-refractivity contribution in [3.05, 3.63) is 30.3 Å². The number of nitrogens with zero attached hydrogens (tertiary/aromatic N) is 2. The van der Waals surface area contributed by atoms with Gasteiger partial charge < -0.3 is 10.2 Å². The topological polar surface area (TPSA) is 35.6 Å². The van der Waals surface area contributed by atoms with Crippen molar-refractivity contribution in [1.29, 1.82) is 0 Å². The molecule has 24 heavy (non-hydrogen) atoms. The van der Waals surface area contributed by atoms with E-state index >= 15 is 0 Å². The Morgan fingerprint density at radius 1 is 1.29 bits per heavy atom. The number of likely N-dealkylation sites (N-methyl/N-ethyl adjacent to an activating group) is 1. The van der Waals surface area contributed by atoms with E-state index in [1.807, 2.05) is 49.2 Å². The van der Waals surface area contributed by atoms with Gasteiger partial charge in [0.05, 0.1) is 6.04 Å². The van der Waals surface area contributed by atoms with Crippen LogP contribution in [0.5, 0.6) is 0 Å². The summed E-state index contributed by atoms with van der Waals surface area (Å²) < 4.78 is 0. The molecule has 1 heterocycles. The Morgan fingerprint density at radius 2 is 1.92 bits per heavy atom. The van der Waals surface area contributed by atoms with Gasteiger partial charge in [-0.25, -0.2) is 0 Å². The number of benzene rings is 1. The van der Waals surface area contributed by atoms with E-state index in [1.165, 1.54) is 19.3 Å². The zero-order chi connectivity index (χ0) is 16.7. The number of hydrogen-bond acceptors (Lipinski definition) is 3. The molecule has 0 aromatic heterocycles. The summed E-state index contributed by atoms with van der Waals surface area (Å²) in [7, 11) is 2.01. The summed E-state index contributed by atoms with van der Waals surface area (Å²) in [6.07, 6.45) is 3.66. The highest BCUT2D eigenvalue weighted by Gasteiger charge is 2.29. The molecule has 5 heteroatoms. The smallest absolute Gasteiger partial charge is 0.244 e. The molecule has 1 saturated heterocycles. The molecule has 0 saturated carbocycles. The molecule has 0 radical (unpaired) electrons. The number of anilines is 1. The van der Waals surface area contributed by atoms with Crippen LogP contribution in [0.3, 0.4) is 0 Å². The highest BCUT2D eigenvalue weighted by atomic mass is 35.5. The number of carbonyl (C=O) groups excluding carboxylic acids is 1. The standard InChI is InChI=1S/C19H31N3O.ClH/c1-4-22(18-8-6-5-7-9-18)19(23)16(2)21-14-11-17(12-15-21)10-13-20-3;/h5-9,16-17,20H,4,10-15H2,1-3H3;1H. The van der Waals surface area contributed by atoms with Crippen LogP contribution in [0.2, 0.25) is 0 Å². The second-order valence-corrected chi connectivity index (χ2v) is 6.47. The fourth-order valence-electron chi connectivity index (χ4n) is 3.43. The maximum atomic E-state index is 12.9. The number of likely N-dealkylation sites (tertiary alicyclic amines) is 1. The molecule has 2 rings (SSSR count). The van der Waals surface area contributed by atoms with Crippen LogP contribution in [-0.2, 0) is 4.79 Å². The predicted molar refractivity (Wildman–Crippen MR) is 104 cm³/mol. The quantitative estimate of drug-likeness (QED) is 0.817. The lowest BCUT2D eigenvalue weighted by Crippen LogP contribution is -2.50. The fraction of sp³-hybridized carbons (Fsp3) is 0.632. The van der Waals surface area contributed by atoms with Crippen LogP contribution in [0, 0.1) is 5.92 Å². The van der Waals surface area contributed by atoms with E-state index in [9.17, 15) is 4.79 Å². The van der Waals surface area contributed by atoms with Crippen molar-refractivity contribution in [2.75, 3.05) is 38.1 Å². The van der Waals surface area contributed by atoms with Crippen LogP contribution in [0.25, 0.3) is 0 Å². The zero-order valence-electron chi connectivity index (χ0n) is 15.2. The molecule has 1 atom stereocenters. The van der Waals surface area contributed by atoms with Gasteiger partial charge >= 0.3 is 0 Å². The van der Waals surface area contributed by atoms with Gasteiger partial charge in [-0.15, -0.1) is 12.4 Å². The largest absolute Gasteiger partial charge is 0.320 e. The van der Waals surface area contributed by atoms with Crippen molar-refractivity contribution in [2.24, 2.45) is 5.92 Å². The van der Waals surface area contributed by atoms with Gasteiger partial charge in [-0.3, -0.25) is 9.69 Å². The number of nitrogens with one attached hydrogen (secondary N) is 1. The van der Waals surface area contributed by atoms with E-state index in [2.05, 4.69) is 17.1 Å². The number of halogens is 1. The summed E-state index contributed by atoms with van der Waals surface area (Å²) in [4.78, 5) is 17.2. The summed E-state index contributed by atoms with van der Waals surface area (Å²) in [6.45, 7) is 7.98. The molecule has 4 nitrogen and oxygen atoms in total. The second-order valence-electron chi connectivity index (χ2n) is 6.47. The Kier molecular flexibility index (Phi) is 9.34. The summed E-state index contributed by atoms with van der Waals surface area (Å²) >= 11 is 0. The number of rotatable bonds is 7. The average Bonchev–Trinajstić information content (AvgIpc) is 2.61. The summed E-state index contributed by atoms with van der Waals surface area (Å²) in [5, 5.41) is 3.23. The highest BCUT2D eigenvalue weighted by molar-refractivity contribution is 5.96. The van der Waals surface area contributed by atoms with Crippen molar-refractivity contribution >= 4 is 24.0 Å². The van der Waals surface area contributed by atoms with Crippen LogP contribution in [0.15, 0.2) is 30.3 Å². The van der Waals surface area contributed by atoms with Gasteiger partial charge in [0.15, 0.2) is 0 Å². The molecule has 1 amide bonds. The summed E-state index contributed by atoms with van der Waals surface area (Å²) in [6, 6.07) is 9.95. The first-order valence-corrected chi connectivity index (χ1v) is 8.92. The van der Waals surface area contributed by atoms with E-state index in [0.29, 0.717) is 6.54 Å². The molecule has 0 bridgehead atoms. The van der Waals surface area contributed by atoms with E-state index in [-0.39, 0.29) is 24.4 Å². The van der Waals surface area contributed by atoms with Gasteiger partial charge in [-0.2, -0.15) is 0 Å². The molecule has 0 aliphatic carbocycles. The van der Waals surface area contributed by atoms with Gasteiger partial charge in [0.1, 0.15) is 0 Å². The molecule has 1 aliphatic rings. The average molecular weight is 354 g/mol. The third-order valence-electron chi connectivity index (χ3n) is 5.01. The number of piperidine rings is 1. The Labute approximate surface area is 153 Å². The van der Waals surface area contributed by atoms with Crippen LogP contribution >= 0.6 is 12.4 Å². The van der Waals surface area contributed by atoms with Crippen molar-refractivity contribution in [2.45, 2.75) is 39.2 Å². The molecule has 0 spiro atoms. The highest BCUT2D eigenvalue weighted by Crippen LogP contribution is 2.23. The molecule has 1 fully saturated rings. The van der Waals surface area contributed by atoms with E-state index < -0.39 is 0 Å². The minimum atomic E-state index is -0.0413. The molecule has 136 valence electrons. The second kappa shape index (κ2) is 10.7. The molecule has 1 unspecified atom stereocenters. The monoisotopic (exact) mass is 353 g/mol. The van der Waals surface area contributed by atoms with Crippen LogP contribution in [-0.4, -0.2) is 50.1 Å². The number of amides is 1. The van der Waals surface area contributed by atoms with Gasteiger partial charge in [0.2, 0.25) is 5.91 Å². The molecule has 1 aliphatic heterocycles. The molecular formula is C19H32ClN3O. The molecule has 1 aromatic rings. The SMILES string of the molecule is CCN(C(=O)C(C)N1CCC(CCNC)CC1)c1ccccc1.Cl. The minimum absolute atomic E-state index is 0. The normalized spacial score (nSPS) is 17.1. The van der Waals surface area contributed by atoms with Gasteiger partial charge in [-0.05, 0) is 77.8 Å². The lowest BCUT2D eigenvalue weighted by atomic mass is 9.92. The molecular weight excluding hydrogens is 322 g/mol. The number of carbonyl (C=O) groups is 1. The maximum Gasteiger partial charge on any atom is 0.244 e. The molecule has 1 N–H and O–H groups in total.